The van der Waals surface area contributed by atoms with Gasteiger partial charge in [-0.1, -0.05) is 12.1 Å². The molecule has 0 aliphatic carbocycles. The molecule has 2 aromatic heterocycles. The fraction of sp³-hybridized carbons (Fsp3) is 0.381. The van der Waals surface area contributed by atoms with Crippen LogP contribution in [0, 0.1) is 12.7 Å². The zero-order chi connectivity index (χ0) is 22.3. The summed E-state index contributed by atoms with van der Waals surface area (Å²) >= 11 is 0. The van der Waals surface area contributed by atoms with E-state index in [-0.39, 0.29) is 46.9 Å². The summed E-state index contributed by atoms with van der Waals surface area (Å²) in [5, 5.41) is 0. The van der Waals surface area contributed by atoms with Crippen molar-refractivity contribution in [3.8, 4) is 5.69 Å². The number of hydrogen-bond donors (Lipinski definition) is 1. The number of carbonyl (C=O) groups is 2. The Morgan fingerprint density at radius 1 is 1.23 bits per heavy atom. The van der Waals surface area contributed by atoms with Crippen molar-refractivity contribution in [2.24, 2.45) is 5.73 Å². The number of aromatic nitrogens is 4. The van der Waals surface area contributed by atoms with Crippen molar-refractivity contribution < 1.29 is 14.0 Å². The monoisotopic (exact) mass is 426 g/mol. The van der Waals surface area contributed by atoms with Gasteiger partial charge >= 0.3 is 5.69 Å². The molecule has 1 aromatic carbocycles. The summed E-state index contributed by atoms with van der Waals surface area (Å²) in [5.74, 6) is -1.58. The second kappa shape index (κ2) is 7.93. The summed E-state index contributed by atoms with van der Waals surface area (Å²) in [6.07, 6.45) is 2.81. The van der Waals surface area contributed by atoms with E-state index in [1.807, 2.05) is 6.92 Å². The van der Waals surface area contributed by atoms with Gasteiger partial charge in [0.2, 0.25) is 5.91 Å². The standard InChI is InChI=1S/C21H23FN6O3/c1-12-7-5-6-10-26(12)16(29)11-27-18-17(19(23)30)24-13(2)25-20(18)28(21(27)31)15-9-4-3-8-14(15)22/h3-4,8-9,12H,5-7,10-11H2,1-2H3,(H2,23,30). The van der Waals surface area contributed by atoms with Crippen molar-refractivity contribution >= 4 is 23.0 Å². The zero-order valence-electron chi connectivity index (χ0n) is 17.3. The maximum Gasteiger partial charge on any atom is 0.335 e. The van der Waals surface area contributed by atoms with Crippen molar-refractivity contribution in [3.05, 3.63) is 52.1 Å². The Hall–Kier alpha value is -3.56. The Balaban J connectivity index is 1.95. The number of nitrogens with zero attached hydrogens (tertiary/aromatic N) is 5. The Bertz CT molecular complexity index is 1250. The number of nitrogens with two attached hydrogens (primary N) is 1. The van der Waals surface area contributed by atoms with Crippen LogP contribution >= 0.6 is 0 Å². The van der Waals surface area contributed by atoms with E-state index in [2.05, 4.69) is 9.97 Å². The number of piperidine rings is 1. The molecule has 1 atom stereocenters. The van der Waals surface area contributed by atoms with Gasteiger partial charge < -0.3 is 10.6 Å². The number of primary amides is 1. The number of imidazole rings is 1. The lowest BCUT2D eigenvalue weighted by atomic mass is 10.0. The van der Waals surface area contributed by atoms with Crippen LogP contribution in [0.5, 0.6) is 0 Å². The van der Waals surface area contributed by atoms with Crippen molar-refractivity contribution in [2.75, 3.05) is 6.54 Å². The predicted molar refractivity (Wildman–Crippen MR) is 111 cm³/mol. The molecule has 31 heavy (non-hydrogen) atoms. The third kappa shape index (κ3) is 3.58. The molecule has 162 valence electrons. The number of aryl methyl sites for hydroxylation is 1. The van der Waals surface area contributed by atoms with Crippen LogP contribution < -0.4 is 11.4 Å². The fourth-order valence-corrected chi connectivity index (χ4v) is 4.13. The van der Waals surface area contributed by atoms with E-state index in [4.69, 9.17) is 5.73 Å². The molecule has 0 bridgehead atoms. The first-order valence-corrected chi connectivity index (χ1v) is 10.1. The zero-order valence-corrected chi connectivity index (χ0v) is 17.3. The molecular weight excluding hydrogens is 403 g/mol. The lowest BCUT2D eigenvalue weighted by Crippen LogP contribution is -2.44. The summed E-state index contributed by atoms with van der Waals surface area (Å²) in [6, 6.07) is 5.77. The highest BCUT2D eigenvalue weighted by Crippen LogP contribution is 2.22. The van der Waals surface area contributed by atoms with Gasteiger partial charge in [-0.05, 0) is 45.2 Å². The van der Waals surface area contributed by atoms with Crippen molar-refractivity contribution in [2.45, 2.75) is 45.7 Å². The summed E-state index contributed by atoms with van der Waals surface area (Å²) in [4.78, 5) is 48.7. The van der Waals surface area contributed by atoms with Gasteiger partial charge in [-0.15, -0.1) is 0 Å². The largest absolute Gasteiger partial charge is 0.364 e. The number of halogens is 1. The smallest absolute Gasteiger partial charge is 0.335 e. The van der Waals surface area contributed by atoms with Gasteiger partial charge in [0, 0.05) is 12.6 Å². The SMILES string of the molecule is Cc1nc(C(N)=O)c2c(n1)n(-c1ccccc1F)c(=O)n2CC(=O)N1CCCCC1C. The maximum absolute atomic E-state index is 14.6. The number of amides is 2. The number of benzene rings is 1. The number of rotatable bonds is 4. The average Bonchev–Trinajstić information content (AvgIpc) is 2.99. The Morgan fingerprint density at radius 3 is 2.65 bits per heavy atom. The van der Waals surface area contributed by atoms with Crippen molar-refractivity contribution in [1.29, 1.82) is 0 Å². The van der Waals surface area contributed by atoms with Gasteiger partial charge in [-0.2, -0.15) is 0 Å². The van der Waals surface area contributed by atoms with Crippen LogP contribution in [0.4, 0.5) is 4.39 Å². The average molecular weight is 426 g/mol. The summed E-state index contributed by atoms with van der Waals surface area (Å²) < 4.78 is 16.7. The molecule has 2 N–H and O–H groups in total. The number of likely N-dealkylation sites (tertiary alicyclic amines) is 1. The topological polar surface area (TPSA) is 116 Å². The normalized spacial score (nSPS) is 16.6. The highest BCUT2D eigenvalue weighted by molar-refractivity contribution is 6.02. The van der Waals surface area contributed by atoms with Crippen LogP contribution in [0.15, 0.2) is 29.1 Å². The second-order valence-corrected chi connectivity index (χ2v) is 7.74. The van der Waals surface area contributed by atoms with E-state index in [1.54, 1.807) is 17.9 Å². The molecule has 4 rings (SSSR count). The molecule has 1 aliphatic rings. The quantitative estimate of drug-likeness (QED) is 0.679. The Kier molecular flexibility index (Phi) is 5.30. The van der Waals surface area contributed by atoms with Crippen LogP contribution in [0.1, 0.15) is 42.5 Å². The first-order valence-electron chi connectivity index (χ1n) is 10.1. The number of fused-ring (bicyclic) bond motifs is 1. The molecule has 10 heteroatoms. The minimum absolute atomic E-state index is 0.0179. The van der Waals surface area contributed by atoms with Gasteiger partial charge in [0.1, 0.15) is 23.7 Å². The van der Waals surface area contributed by atoms with Gasteiger partial charge in [-0.25, -0.2) is 23.7 Å². The minimum Gasteiger partial charge on any atom is -0.364 e. The Morgan fingerprint density at radius 2 is 1.97 bits per heavy atom. The number of hydrogen-bond acceptors (Lipinski definition) is 5. The van der Waals surface area contributed by atoms with Crippen LogP contribution in [0.25, 0.3) is 16.9 Å². The van der Waals surface area contributed by atoms with Crippen LogP contribution in [-0.2, 0) is 11.3 Å². The number of para-hydroxylation sites is 1. The van der Waals surface area contributed by atoms with Crippen molar-refractivity contribution in [1.82, 2.24) is 24.0 Å². The lowest BCUT2D eigenvalue weighted by molar-refractivity contribution is -0.135. The van der Waals surface area contributed by atoms with E-state index in [0.29, 0.717) is 6.54 Å². The molecule has 1 unspecified atom stereocenters. The summed E-state index contributed by atoms with van der Waals surface area (Å²) in [6.45, 7) is 3.77. The van der Waals surface area contributed by atoms with Gasteiger partial charge in [0.15, 0.2) is 11.3 Å². The third-order valence-electron chi connectivity index (χ3n) is 5.62. The van der Waals surface area contributed by atoms with E-state index in [1.165, 1.54) is 18.2 Å². The van der Waals surface area contributed by atoms with E-state index < -0.39 is 17.4 Å². The molecule has 0 saturated carbocycles. The maximum atomic E-state index is 14.6. The lowest BCUT2D eigenvalue weighted by Gasteiger charge is -2.33. The van der Waals surface area contributed by atoms with Gasteiger partial charge in [0.05, 0.1) is 5.69 Å². The molecule has 0 radical (unpaired) electrons. The first kappa shape index (κ1) is 20.7. The first-order chi connectivity index (χ1) is 14.8. The van der Waals surface area contributed by atoms with Crippen LogP contribution in [0.3, 0.4) is 0 Å². The van der Waals surface area contributed by atoms with Gasteiger partial charge in [-0.3, -0.25) is 14.2 Å². The molecule has 1 fully saturated rings. The van der Waals surface area contributed by atoms with Crippen molar-refractivity contribution in [3.63, 3.8) is 0 Å². The summed E-state index contributed by atoms with van der Waals surface area (Å²) in [5.41, 5.74) is 4.64. The predicted octanol–water partition coefficient (Wildman–Crippen LogP) is 1.53. The molecule has 3 aromatic rings. The number of carbonyl (C=O) groups excluding carboxylic acids is 2. The minimum atomic E-state index is -0.867. The van der Waals surface area contributed by atoms with Crippen LogP contribution in [-0.4, -0.2) is 48.4 Å². The van der Waals surface area contributed by atoms with E-state index in [9.17, 15) is 18.8 Å². The van der Waals surface area contributed by atoms with E-state index in [0.717, 1.165) is 28.4 Å². The molecule has 3 heterocycles. The highest BCUT2D eigenvalue weighted by Gasteiger charge is 2.28. The molecule has 0 spiro atoms. The van der Waals surface area contributed by atoms with Crippen LogP contribution in [0.2, 0.25) is 0 Å². The molecule has 1 aliphatic heterocycles. The highest BCUT2D eigenvalue weighted by atomic mass is 19.1. The molecule has 2 amide bonds. The molecule has 1 saturated heterocycles. The fourth-order valence-electron chi connectivity index (χ4n) is 4.13. The Labute approximate surface area is 177 Å². The van der Waals surface area contributed by atoms with Gasteiger partial charge in [0.25, 0.3) is 5.91 Å². The summed E-state index contributed by atoms with van der Waals surface area (Å²) in [7, 11) is 0. The molecule has 9 nitrogen and oxygen atoms in total. The third-order valence-corrected chi connectivity index (χ3v) is 5.62. The molecular formula is C21H23FN6O3. The van der Waals surface area contributed by atoms with E-state index >= 15 is 0 Å². The second-order valence-electron chi connectivity index (χ2n) is 7.74.